The van der Waals surface area contributed by atoms with E-state index in [0.717, 1.165) is 22.6 Å². The molecule has 3 nitrogen and oxygen atoms in total. The molecule has 0 aliphatic carbocycles. The molecule has 1 unspecified atom stereocenters. The van der Waals surface area contributed by atoms with Gasteiger partial charge in [0.2, 0.25) is 0 Å². The van der Waals surface area contributed by atoms with Gasteiger partial charge in [0, 0.05) is 5.02 Å². The van der Waals surface area contributed by atoms with E-state index in [1.807, 2.05) is 38.1 Å². The molecule has 0 saturated carbocycles. The maximum atomic E-state index is 11.9. The molecule has 0 radical (unpaired) electrons. The number of rotatable bonds is 8. The molecule has 0 heterocycles. The van der Waals surface area contributed by atoms with Crippen molar-refractivity contribution in [1.29, 1.82) is 0 Å². The van der Waals surface area contributed by atoms with Crippen LogP contribution in [0.5, 0.6) is 0 Å². The average Bonchev–Trinajstić information content (AvgIpc) is 2.60. The summed E-state index contributed by atoms with van der Waals surface area (Å²) >= 11 is 5.92. The number of hydrogen-bond acceptors (Lipinski definition) is 3. The van der Waals surface area contributed by atoms with E-state index in [1.54, 1.807) is 6.92 Å². The number of hydrogen-bond donors (Lipinski definition) is 0. The normalized spacial score (nSPS) is 12.2. The molecular formula is C21H25ClO3. The lowest BCUT2D eigenvalue weighted by Crippen LogP contribution is -2.32. The highest BCUT2D eigenvalue weighted by molar-refractivity contribution is 6.30. The third-order valence-corrected chi connectivity index (χ3v) is 4.20. The zero-order valence-electron chi connectivity index (χ0n) is 15.0. The molecule has 0 aliphatic rings. The fraction of sp³-hybridized carbons (Fsp3) is 0.381. The summed E-state index contributed by atoms with van der Waals surface area (Å²) in [5.41, 5.74) is 3.45. The molecule has 0 saturated heterocycles. The molecule has 0 aliphatic heterocycles. The van der Waals surface area contributed by atoms with Crippen molar-refractivity contribution < 1.29 is 14.3 Å². The van der Waals surface area contributed by atoms with Crippen LogP contribution in [0.15, 0.2) is 48.5 Å². The standard InChI is InChI=1S/C21H25ClO3/c1-4-24-21(23)20(15(2)3)25-14-13-16-5-7-17(8-6-16)18-9-11-19(22)12-10-18/h5-12,15,20H,4,13-14H2,1-3H3. The molecule has 0 amide bonds. The summed E-state index contributed by atoms with van der Waals surface area (Å²) in [4.78, 5) is 11.9. The first-order chi connectivity index (χ1) is 12.0. The van der Waals surface area contributed by atoms with Crippen LogP contribution in [-0.2, 0) is 20.7 Å². The number of halogens is 1. The summed E-state index contributed by atoms with van der Waals surface area (Å²) in [6.45, 7) is 6.59. The SMILES string of the molecule is CCOC(=O)C(OCCc1ccc(-c2ccc(Cl)cc2)cc1)C(C)C. The Morgan fingerprint density at radius 1 is 1.00 bits per heavy atom. The predicted octanol–water partition coefficient (Wildman–Crippen LogP) is 5.15. The highest BCUT2D eigenvalue weighted by Crippen LogP contribution is 2.22. The summed E-state index contributed by atoms with van der Waals surface area (Å²) < 4.78 is 10.8. The number of carbonyl (C=O) groups excluding carboxylic acids is 1. The van der Waals surface area contributed by atoms with Gasteiger partial charge in [-0.15, -0.1) is 0 Å². The number of ether oxygens (including phenoxy) is 2. The van der Waals surface area contributed by atoms with E-state index < -0.39 is 6.10 Å². The van der Waals surface area contributed by atoms with Gasteiger partial charge in [-0.25, -0.2) is 4.79 Å². The lowest BCUT2D eigenvalue weighted by atomic mass is 10.0. The van der Waals surface area contributed by atoms with E-state index in [4.69, 9.17) is 21.1 Å². The molecule has 2 aromatic carbocycles. The Hall–Kier alpha value is -1.84. The quantitative estimate of drug-likeness (QED) is 0.610. The van der Waals surface area contributed by atoms with Crippen molar-refractivity contribution in [3.63, 3.8) is 0 Å². The van der Waals surface area contributed by atoms with Gasteiger partial charge < -0.3 is 9.47 Å². The lowest BCUT2D eigenvalue weighted by Gasteiger charge is -2.19. The van der Waals surface area contributed by atoms with Crippen LogP contribution in [0.1, 0.15) is 26.3 Å². The molecule has 0 aromatic heterocycles. The van der Waals surface area contributed by atoms with Crippen molar-refractivity contribution in [1.82, 2.24) is 0 Å². The number of benzene rings is 2. The molecular weight excluding hydrogens is 336 g/mol. The molecule has 0 bridgehead atoms. The Balaban J connectivity index is 1.90. The largest absolute Gasteiger partial charge is 0.464 e. The van der Waals surface area contributed by atoms with Crippen LogP contribution in [0.2, 0.25) is 5.02 Å². The maximum absolute atomic E-state index is 11.9. The second-order valence-electron chi connectivity index (χ2n) is 6.24. The van der Waals surface area contributed by atoms with Crippen LogP contribution in [0, 0.1) is 5.92 Å². The van der Waals surface area contributed by atoms with E-state index in [9.17, 15) is 4.79 Å². The lowest BCUT2D eigenvalue weighted by molar-refractivity contribution is -0.159. The van der Waals surface area contributed by atoms with Crippen LogP contribution in [0.25, 0.3) is 11.1 Å². The molecule has 2 aromatic rings. The predicted molar refractivity (Wildman–Crippen MR) is 102 cm³/mol. The molecule has 25 heavy (non-hydrogen) atoms. The summed E-state index contributed by atoms with van der Waals surface area (Å²) in [7, 11) is 0. The van der Waals surface area contributed by atoms with E-state index in [2.05, 4.69) is 24.3 Å². The summed E-state index contributed by atoms with van der Waals surface area (Å²) in [5, 5.41) is 0.735. The Labute approximate surface area is 154 Å². The van der Waals surface area contributed by atoms with E-state index in [1.165, 1.54) is 5.56 Å². The van der Waals surface area contributed by atoms with E-state index in [-0.39, 0.29) is 11.9 Å². The number of carbonyl (C=O) groups is 1. The summed E-state index contributed by atoms with van der Waals surface area (Å²) in [6, 6.07) is 16.1. The molecule has 4 heteroatoms. The van der Waals surface area contributed by atoms with Crippen LogP contribution < -0.4 is 0 Å². The minimum absolute atomic E-state index is 0.0892. The Morgan fingerprint density at radius 3 is 2.08 bits per heavy atom. The minimum atomic E-state index is -0.506. The van der Waals surface area contributed by atoms with Crippen LogP contribution in [-0.4, -0.2) is 25.3 Å². The first kappa shape index (κ1) is 19.5. The zero-order chi connectivity index (χ0) is 18.2. The smallest absolute Gasteiger partial charge is 0.335 e. The third kappa shape index (κ3) is 5.87. The van der Waals surface area contributed by atoms with E-state index >= 15 is 0 Å². The highest BCUT2D eigenvalue weighted by atomic mass is 35.5. The summed E-state index contributed by atoms with van der Waals surface area (Å²) in [6.07, 6.45) is 0.247. The average molecular weight is 361 g/mol. The van der Waals surface area contributed by atoms with Crippen molar-refractivity contribution in [2.75, 3.05) is 13.2 Å². The third-order valence-electron chi connectivity index (χ3n) is 3.94. The van der Waals surface area contributed by atoms with Crippen molar-refractivity contribution >= 4 is 17.6 Å². The van der Waals surface area contributed by atoms with Crippen molar-refractivity contribution in [2.45, 2.75) is 33.3 Å². The monoisotopic (exact) mass is 360 g/mol. The van der Waals surface area contributed by atoms with Gasteiger partial charge in [-0.05, 0) is 48.1 Å². The van der Waals surface area contributed by atoms with Gasteiger partial charge in [0.15, 0.2) is 6.10 Å². The van der Waals surface area contributed by atoms with Crippen molar-refractivity contribution in [2.24, 2.45) is 5.92 Å². The van der Waals surface area contributed by atoms with Crippen molar-refractivity contribution in [3.05, 3.63) is 59.1 Å². The molecule has 0 fully saturated rings. The molecule has 2 rings (SSSR count). The van der Waals surface area contributed by atoms with Gasteiger partial charge in [-0.1, -0.05) is 61.8 Å². The highest BCUT2D eigenvalue weighted by Gasteiger charge is 2.23. The van der Waals surface area contributed by atoms with Gasteiger partial charge in [0.1, 0.15) is 0 Å². The second kappa shape index (κ2) is 9.59. The Morgan fingerprint density at radius 2 is 1.56 bits per heavy atom. The fourth-order valence-electron chi connectivity index (χ4n) is 2.57. The fourth-order valence-corrected chi connectivity index (χ4v) is 2.69. The summed E-state index contributed by atoms with van der Waals surface area (Å²) in [5.74, 6) is -0.193. The van der Waals surface area contributed by atoms with Gasteiger partial charge in [0.25, 0.3) is 0 Å². The molecule has 1 atom stereocenters. The van der Waals surface area contributed by atoms with Gasteiger partial charge in [-0.2, -0.15) is 0 Å². The first-order valence-electron chi connectivity index (χ1n) is 8.64. The molecule has 134 valence electrons. The Kier molecular flexibility index (Phi) is 7.48. The van der Waals surface area contributed by atoms with E-state index in [0.29, 0.717) is 13.2 Å². The van der Waals surface area contributed by atoms with Gasteiger partial charge in [-0.3, -0.25) is 0 Å². The second-order valence-corrected chi connectivity index (χ2v) is 6.68. The maximum Gasteiger partial charge on any atom is 0.335 e. The van der Waals surface area contributed by atoms with Crippen LogP contribution in [0.3, 0.4) is 0 Å². The number of esters is 1. The van der Waals surface area contributed by atoms with Gasteiger partial charge in [0.05, 0.1) is 13.2 Å². The van der Waals surface area contributed by atoms with Gasteiger partial charge >= 0.3 is 5.97 Å². The van der Waals surface area contributed by atoms with Crippen molar-refractivity contribution in [3.8, 4) is 11.1 Å². The first-order valence-corrected chi connectivity index (χ1v) is 9.02. The zero-order valence-corrected chi connectivity index (χ0v) is 15.8. The topological polar surface area (TPSA) is 35.5 Å². The van der Waals surface area contributed by atoms with Crippen LogP contribution >= 0.6 is 11.6 Å². The molecule has 0 N–H and O–H groups in total. The van der Waals surface area contributed by atoms with Crippen LogP contribution in [0.4, 0.5) is 0 Å². The Bertz CT molecular complexity index is 663. The minimum Gasteiger partial charge on any atom is -0.464 e. The molecule has 0 spiro atoms.